The standard InChI is InChI=1S/C20H16O7/c1-2-18(22)25-12-16(21)13-26-20(24)27-17-10-8-15(9-11-17)19(23)14-6-4-3-5-7-14/h2-11H,1,12-13H2. The van der Waals surface area contributed by atoms with Gasteiger partial charge >= 0.3 is 12.1 Å². The van der Waals surface area contributed by atoms with Crippen LogP contribution in [0.3, 0.4) is 0 Å². The zero-order chi connectivity index (χ0) is 19.6. The average molecular weight is 368 g/mol. The molecule has 7 nitrogen and oxygen atoms in total. The van der Waals surface area contributed by atoms with Crippen LogP contribution in [0.15, 0.2) is 67.3 Å². The molecule has 0 aliphatic rings. The molecule has 0 aromatic heterocycles. The van der Waals surface area contributed by atoms with Gasteiger partial charge in [0.25, 0.3) is 0 Å². The Balaban J connectivity index is 1.82. The summed E-state index contributed by atoms with van der Waals surface area (Å²) >= 11 is 0. The van der Waals surface area contributed by atoms with E-state index in [4.69, 9.17) is 4.74 Å². The molecule has 2 aromatic rings. The van der Waals surface area contributed by atoms with E-state index in [9.17, 15) is 19.2 Å². The van der Waals surface area contributed by atoms with Crippen molar-refractivity contribution in [2.75, 3.05) is 13.2 Å². The van der Waals surface area contributed by atoms with Gasteiger partial charge in [-0.2, -0.15) is 0 Å². The van der Waals surface area contributed by atoms with Crippen LogP contribution in [0.25, 0.3) is 0 Å². The molecule has 0 amide bonds. The SMILES string of the molecule is C=CC(=O)OCC(=O)COC(=O)Oc1ccc(C(=O)c2ccccc2)cc1. The van der Waals surface area contributed by atoms with Gasteiger partial charge in [0.2, 0.25) is 5.78 Å². The van der Waals surface area contributed by atoms with Crippen molar-refractivity contribution in [2.45, 2.75) is 0 Å². The summed E-state index contributed by atoms with van der Waals surface area (Å²) < 4.78 is 14.0. The van der Waals surface area contributed by atoms with E-state index in [1.807, 2.05) is 6.07 Å². The molecular weight excluding hydrogens is 352 g/mol. The van der Waals surface area contributed by atoms with Crippen LogP contribution in [-0.2, 0) is 19.1 Å². The number of ketones is 2. The first-order valence-corrected chi connectivity index (χ1v) is 7.85. The van der Waals surface area contributed by atoms with Crippen molar-refractivity contribution in [1.29, 1.82) is 0 Å². The van der Waals surface area contributed by atoms with Crippen molar-refractivity contribution in [3.63, 3.8) is 0 Å². The highest BCUT2D eigenvalue weighted by Gasteiger charge is 2.13. The average Bonchev–Trinajstić information content (AvgIpc) is 2.71. The fraction of sp³-hybridized carbons (Fsp3) is 0.100. The van der Waals surface area contributed by atoms with Crippen LogP contribution in [0.2, 0.25) is 0 Å². The molecule has 0 N–H and O–H groups in total. The molecule has 0 heterocycles. The molecule has 2 rings (SSSR count). The monoisotopic (exact) mass is 368 g/mol. The maximum Gasteiger partial charge on any atom is 0.514 e. The molecule has 0 fully saturated rings. The van der Waals surface area contributed by atoms with Gasteiger partial charge in [0, 0.05) is 17.2 Å². The highest BCUT2D eigenvalue weighted by molar-refractivity contribution is 6.09. The van der Waals surface area contributed by atoms with Crippen molar-refractivity contribution in [3.05, 3.63) is 78.4 Å². The van der Waals surface area contributed by atoms with E-state index < -0.39 is 31.1 Å². The molecule has 0 bridgehead atoms. The molecule has 2 aromatic carbocycles. The summed E-state index contributed by atoms with van der Waals surface area (Å²) in [4.78, 5) is 46.0. The summed E-state index contributed by atoms with van der Waals surface area (Å²) in [5.41, 5.74) is 0.974. The Morgan fingerprint density at radius 2 is 1.41 bits per heavy atom. The number of Topliss-reactive ketones (excluding diaryl/α,β-unsaturated/α-hetero) is 1. The van der Waals surface area contributed by atoms with Gasteiger partial charge in [0.05, 0.1) is 0 Å². The third-order valence-corrected chi connectivity index (χ3v) is 3.25. The first kappa shape index (κ1) is 19.6. The molecular formula is C20H16O7. The van der Waals surface area contributed by atoms with Gasteiger partial charge in [-0.15, -0.1) is 0 Å². The van der Waals surface area contributed by atoms with Crippen molar-refractivity contribution < 1.29 is 33.4 Å². The highest BCUT2D eigenvalue weighted by atomic mass is 16.7. The summed E-state index contributed by atoms with van der Waals surface area (Å²) in [6.07, 6.45) is -0.185. The van der Waals surface area contributed by atoms with E-state index in [1.165, 1.54) is 24.3 Å². The van der Waals surface area contributed by atoms with Crippen LogP contribution in [-0.4, -0.2) is 36.9 Å². The minimum atomic E-state index is -1.10. The van der Waals surface area contributed by atoms with E-state index in [0.29, 0.717) is 11.1 Å². The smallest absolute Gasteiger partial charge is 0.454 e. The molecule has 0 spiro atoms. The summed E-state index contributed by atoms with van der Waals surface area (Å²) in [5, 5.41) is 0. The van der Waals surface area contributed by atoms with Crippen molar-refractivity contribution >= 4 is 23.7 Å². The van der Waals surface area contributed by atoms with Crippen LogP contribution in [0.1, 0.15) is 15.9 Å². The zero-order valence-electron chi connectivity index (χ0n) is 14.3. The topological polar surface area (TPSA) is 96.0 Å². The summed E-state index contributed by atoms with van der Waals surface area (Å²) in [6, 6.07) is 14.6. The van der Waals surface area contributed by atoms with Crippen molar-refractivity contribution in [2.24, 2.45) is 0 Å². The second kappa shape index (κ2) is 9.67. The number of carbonyl (C=O) groups excluding carboxylic acids is 4. The number of hydrogen-bond acceptors (Lipinski definition) is 7. The van der Waals surface area contributed by atoms with E-state index in [0.717, 1.165) is 6.08 Å². The predicted octanol–water partition coefficient (Wildman–Crippen LogP) is 2.73. The third-order valence-electron chi connectivity index (χ3n) is 3.25. The maximum absolute atomic E-state index is 12.3. The molecule has 0 radical (unpaired) electrons. The van der Waals surface area contributed by atoms with E-state index in [-0.39, 0.29) is 11.5 Å². The van der Waals surface area contributed by atoms with Gasteiger partial charge in [0.15, 0.2) is 19.0 Å². The molecule has 0 saturated heterocycles. The lowest BCUT2D eigenvalue weighted by Crippen LogP contribution is -2.21. The molecule has 0 unspecified atom stereocenters. The minimum Gasteiger partial charge on any atom is -0.454 e. The number of esters is 1. The van der Waals surface area contributed by atoms with Crippen LogP contribution >= 0.6 is 0 Å². The van der Waals surface area contributed by atoms with Crippen LogP contribution in [0.5, 0.6) is 5.75 Å². The lowest BCUT2D eigenvalue weighted by atomic mass is 10.0. The first-order chi connectivity index (χ1) is 13.0. The number of rotatable bonds is 8. The molecule has 0 atom stereocenters. The Bertz CT molecular complexity index is 838. The lowest BCUT2D eigenvalue weighted by molar-refractivity contribution is -0.144. The molecule has 0 saturated carbocycles. The Morgan fingerprint density at radius 3 is 2.04 bits per heavy atom. The zero-order valence-corrected chi connectivity index (χ0v) is 14.3. The fourth-order valence-corrected chi connectivity index (χ4v) is 1.95. The maximum atomic E-state index is 12.3. The van der Waals surface area contributed by atoms with Crippen molar-refractivity contribution in [3.8, 4) is 5.75 Å². The van der Waals surface area contributed by atoms with Gasteiger partial charge < -0.3 is 14.2 Å². The third kappa shape index (κ3) is 6.24. The number of hydrogen-bond donors (Lipinski definition) is 0. The quantitative estimate of drug-likeness (QED) is 0.306. The Labute approximate surface area is 155 Å². The molecule has 138 valence electrons. The Kier molecular flexibility index (Phi) is 7.01. The second-order valence-electron chi connectivity index (χ2n) is 5.21. The van der Waals surface area contributed by atoms with E-state index >= 15 is 0 Å². The van der Waals surface area contributed by atoms with Gasteiger partial charge in [-0.05, 0) is 24.3 Å². The predicted molar refractivity (Wildman–Crippen MR) is 94.5 cm³/mol. The Hall–Kier alpha value is -3.74. The number of carbonyl (C=O) groups is 4. The Morgan fingerprint density at radius 1 is 0.815 bits per heavy atom. The lowest BCUT2D eigenvalue weighted by Gasteiger charge is -2.06. The van der Waals surface area contributed by atoms with E-state index in [1.54, 1.807) is 24.3 Å². The molecule has 27 heavy (non-hydrogen) atoms. The van der Waals surface area contributed by atoms with Crippen LogP contribution < -0.4 is 4.74 Å². The summed E-state index contributed by atoms with van der Waals surface area (Å²) in [6.45, 7) is 2.04. The van der Waals surface area contributed by atoms with Gasteiger partial charge in [0.1, 0.15) is 5.75 Å². The fourth-order valence-electron chi connectivity index (χ4n) is 1.95. The number of ether oxygens (including phenoxy) is 3. The largest absolute Gasteiger partial charge is 0.514 e. The molecule has 0 aliphatic carbocycles. The molecule has 0 aliphatic heterocycles. The summed E-state index contributed by atoms with van der Waals surface area (Å²) in [5.74, 6) is -1.39. The second-order valence-corrected chi connectivity index (χ2v) is 5.21. The molecule has 7 heteroatoms. The number of benzene rings is 2. The van der Waals surface area contributed by atoms with Crippen molar-refractivity contribution in [1.82, 2.24) is 0 Å². The normalized spacial score (nSPS) is 9.78. The van der Waals surface area contributed by atoms with Gasteiger partial charge in [-0.25, -0.2) is 9.59 Å². The first-order valence-electron chi connectivity index (χ1n) is 7.85. The van der Waals surface area contributed by atoms with Gasteiger partial charge in [-0.3, -0.25) is 9.59 Å². The van der Waals surface area contributed by atoms with Gasteiger partial charge in [-0.1, -0.05) is 36.9 Å². The van der Waals surface area contributed by atoms with E-state index in [2.05, 4.69) is 16.1 Å². The summed E-state index contributed by atoms with van der Waals surface area (Å²) in [7, 11) is 0. The minimum absolute atomic E-state index is 0.148. The highest BCUT2D eigenvalue weighted by Crippen LogP contribution is 2.16. The van der Waals surface area contributed by atoms with Crippen LogP contribution in [0.4, 0.5) is 4.79 Å². The van der Waals surface area contributed by atoms with Crippen LogP contribution in [0, 0.1) is 0 Å².